The van der Waals surface area contributed by atoms with Crippen LogP contribution in [0.1, 0.15) is 19.8 Å². The number of rotatable bonds is 9. The van der Waals surface area contributed by atoms with Crippen LogP contribution in [0.25, 0.3) is 0 Å². The zero-order valence-electron chi connectivity index (χ0n) is 11.4. The van der Waals surface area contributed by atoms with Gasteiger partial charge >= 0.3 is 0 Å². The molecule has 0 saturated carbocycles. The quantitative estimate of drug-likeness (QED) is 0.559. The molecule has 0 amide bonds. The van der Waals surface area contributed by atoms with E-state index >= 15 is 0 Å². The Labute approximate surface area is 101 Å². The van der Waals surface area contributed by atoms with Crippen LogP contribution in [0, 0.1) is 0 Å². The van der Waals surface area contributed by atoms with Gasteiger partial charge in [-0.05, 0) is 41.3 Å². The van der Waals surface area contributed by atoms with E-state index in [1.54, 1.807) is 10.6 Å². The second-order valence-corrected chi connectivity index (χ2v) is 8.87. The van der Waals surface area contributed by atoms with Gasteiger partial charge in [-0.1, -0.05) is 35.6 Å². The molecule has 0 N–H and O–H groups in total. The van der Waals surface area contributed by atoms with Gasteiger partial charge in [-0.25, -0.2) is 0 Å². The van der Waals surface area contributed by atoms with E-state index in [2.05, 4.69) is 44.9 Å². The molecule has 0 spiro atoms. The third-order valence-electron chi connectivity index (χ3n) is 3.01. The largest absolute Gasteiger partial charge is 0.309 e. The lowest BCUT2D eigenvalue weighted by Crippen LogP contribution is -2.19. The Morgan fingerprint density at radius 1 is 0.800 bits per heavy atom. The first-order chi connectivity index (χ1) is 7.06. The molecule has 0 rings (SSSR count). The molecule has 15 heavy (non-hydrogen) atoms. The van der Waals surface area contributed by atoms with E-state index in [1.165, 1.54) is 31.2 Å². The van der Waals surface area contributed by atoms with Gasteiger partial charge in [-0.15, -0.1) is 0 Å². The lowest BCUT2D eigenvalue weighted by molar-refractivity contribution is 0.404. The Kier molecular flexibility index (Phi) is 9.95. The molecule has 0 unspecified atom stereocenters. The van der Waals surface area contributed by atoms with Crippen LogP contribution in [-0.4, -0.2) is 65.2 Å². The van der Waals surface area contributed by atoms with Crippen molar-refractivity contribution >= 4 is 14.1 Å². The average Bonchev–Trinajstić information content (AvgIpc) is 2.14. The summed E-state index contributed by atoms with van der Waals surface area (Å²) in [7, 11) is 8.70. The summed E-state index contributed by atoms with van der Waals surface area (Å²) in [5, 5.41) is 4.57. The fraction of sp³-hybridized carbons (Fsp3) is 1.00. The molecule has 0 saturated heterocycles. The molecule has 0 heterocycles. The SMILES string of the molecule is C[CH2][Al]([CH2]CCN(C)C)[CH2]CCN(C)C. The van der Waals surface area contributed by atoms with Crippen LogP contribution in [0.3, 0.4) is 0 Å². The Morgan fingerprint density at radius 3 is 1.47 bits per heavy atom. The van der Waals surface area contributed by atoms with Gasteiger partial charge in [-0.2, -0.15) is 0 Å². The second-order valence-electron chi connectivity index (χ2n) is 5.17. The highest BCUT2D eigenvalue weighted by atomic mass is 27.2. The third kappa shape index (κ3) is 10.7. The van der Waals surface area contributed by atoms with Gasteiger partial charge < -0.3 is 9.80 Å². The first-order valence-corrected chi connectivity index (χ1v) is 8.80. The highest BCUT2D eigenvalue weighted by Crippen LogP contribution is 2.11. The normalized spacial score (nSPS) is 11.4. The molecule has 0 atom stereocenters. The van der Waals surface area contributed by atoms with Gasteiger partial charge in [-0.3, -0.25) is 0 Å². The molecule has 0 aromatic rings. The smallest absolute Gasteiger partial charge is 0.261 e. The fourth-order valence-electron chi connectivity index (χ4n) is 1.94. The summed E-state index contributed by atoms with van der Waals surface area (Å²) in [5.41, 5.74) is 0. The van der Waals surface area contributed by atoms with Crippen LogP contribution in [0.5, 0.6) is 0 Å². The second kappa shape index (κ2) is 9.66. The molecule has 0 bridgehead atoms. The van der Waals surface area contributed by atoms with E-state index in [9.17, 15) is 0 Å². The predicted molar refractivity (Wildman–Crippen MR) is 72.2 cm³/mol. The summed E-state index contributed by atoms with van der Waals surface area (Å²) in [6.07, 6.45) is 2.83. The van der Waals surface area contributed by atoms with Crippen molar-refractivity contribution in [3.8, 4) is 0 Å². The minimum atomic E-state index is -0.384. The maximum Gasteiger partial charge on any atom is 0.261 e. The summed E-state index contributed by atoms with van der Waals surface area (Å²) in [5.74, 6) is 0. The lowest BCUT2D eigenvalue weighted by Gasteiger charge is -2.14. The third-order valence-corrected chi connectivity index (χ3v) is 6.62. The van der Waals surface area contributed by atoms with Gasteiger partial charge in [0.1, 0.15) is 0 Å². The molecule has 0 radical (unpaired) electrons. The zero-order valence-corrected chi connectivity index (χ0v) is 12.6. The Balaban J connectivity index is 3.46. The van der Waals surface area contributed by atoms with E-state index in [4.69, 9.17) is 0 Å². The van der Waals surface area contributed by atoms with Crippen molar-refractivity contribution in [3.63, 3.8) is 0 Å². The maximum atomic E-state index is 2.39. The Hall–Kier alpha value is 0.452. The summed E-state index contributed by atoms with van der Waals surface area (Å²) in [4.78, 5) is 4.61. The van der Waals surface area contributed by atoms with Gasteiger partial charge in [0.05, 0.1) is 0 Å². The molecule has 0 aliphatic heterocycles. The molecule has 0 aliphatic rings. The molecule has 90 valence electrons. The van der Waals surface area contributed by atoms with Crippen LogP contribution in [0.4, 0.5) is 0 Å². The number of hydrogen-bond donors (Lipinski definition) is 0. The number of hydrogen-bond acceptors (Lipinski definition) is 2. The summed E-state index contributed by atoms with van der Waals surface area (Å²) in [6.45, 7) is 4.94. The van der Waals surface area contributed by atoms with E-state index in [1.807, 2.05) is 0 Å². The highest BCUT2D eigenvalue weighted by Gasteiger charge is 2.13. The Morgan fingerprint density at radius 2 is 1.20 bits per heavy atom. The van der Waals surface area contributed by atoms with E-state index in [0.717, 1.165) is 0 Å². The van der Waals surface area contributed by atoms with E-state index in [-0.39, 0.29) is 14.1 Å². The van der Waals surface area contributed by atoms with Crippen molar-refractivity contribution in [1.82, 2.24) is 9.80 Å². The molecule has 0 aromatic carbocycles. The summed E-state index contributed by atoms with van der Waals surface area (Å²) >= 11 is -0.384. The van der Waals surface area contributed by atoms with Crippen LogP contribution < -0.4 is 0 Å². The van der Waals surface area contributed by atoms with Gasteiger partial charge in [0.25, 0.3) is 14.1 Å². The van der Waals surface area contributed by atoms with Crippen LogP contribution in [-0.2, 0) is 0 Å². The first-order valence-electron chi connectivity index (χ1n) is 6.35. The molecule has 2 nitrogen and oxygen atoms in total. The molecule has 0 aliphatic carbocycles. The van der Waals surface area contributed by atoms with E-state index in [0.29, 0.717) is 0 Å². The van der Waals surface area contributed by atoms with Crippen LogP contribution in [0.15, 0.2) is 0 Å². The lowest BCUT2D eigenvalue weighted by atomic mass is 10.4. The summed E-state index contributed by atoms with van der Waals surface area (Å²) in [6, 6.07) is 0. The molecular weight excluding hydrogens is 199 g/mol. The van der Waals surface area contributed by atoms with Gasteiger partial charge in [0.2, 0.25) is 0 Å². The predicted octanol–water partition coefficient (Wildman–Crippen LogP) is 2.40. The average molecular weight is 228 g/mol. The molecular formula is C12H29AlN2. The van der Waals surface area contributed by atoms with Crippen molar-refractivity contribution in [2.45, 2.75) is 35.6 Å². The van der Waals surface area contributed by atoms with Crippen molar-refractivity contribution in [2.75, 3.05) is 41.3 Å². The monoisotopic (exact) mass is 228 g/mol. The first kappa shape index (κ1) is 15.5. The van der Waals surface area contributed by atoms with Crippen LogP contribution in [0.2, 0.25) is 15.8 Å². The standard InChI is InChI=1S/2C5H12N.C2H5.Al/c2*1-4-5-6(2)3;1-2;/h2*1,4-5H2,2-3H3;1H2,2H3;. The molecule has 0 aromatic heterocycles. The van der Waals surface area contributed by atoms with Crippen molar-refractivity contribution in [2.24, 2.45) is 0 Å². The van der Waals surface area contributed by atoms with Crippen molar-refractivity contribution in [1.29, 1.82) is 0 Å². The fourth-order valence-corrected chi connectivity index (χ4v) is 4.57. The highest BCUT2D eigenvalue weighted by molar-refractivity contribution is 6.58. The molecule has 3 heteroatoms. The minimum absolute atomic E-state index is 0.384. The molecule has 0 fully saturated rings. The van der Waals surface area contributed by atoms with Crippen LogP contribution >= 0.6 is 0 Å². The minimum Gasteiger partial charge on any atom is -0.309 e. The maximum absolute atomic E-state index is 2.39. The zero-order chi connectivity index (χ0) is 11.7. The van der Waals surface area contributed by atoms with Crippen molar-refractivity contribution < 1.29 is 0 Å². The van der Waals surface area contributed by atoms with E-state index < -0.39 is 0 Å². The number of nitrogens with zero attached hydrogens (tertiary/aromatic N) is 2. The van der Waals surface area contributed by atoms with Gasteiger partial charge in [0.15, 0.2) is 0 Å². The summed E-state index contributed by atoms with van der Waals surface area (Å²) < 4.78 is 0. The Bertz CT molecular complexity index is 124. The topological polar surface area (TPSA) is 6.48 Å². The van der Waals surface area contributed by atoms with Crippen molar-refractivity contribution in [3.05, 3.63) is 0 Å². The van der Waals surface area contributed by atoms with Gasteiger partial charge in [0, 0.05) is 0 Å².